The Bertz CT molecular complexity index is 697. The van der Waals surface area contributed by atoms with Crippen molar-refractivity contribution in [2.24, 2.45) is 5.22 Å². The zero-order valence-corrected chi connectivity index (χ0v) is 13.5. The van der Waals surface area contributed by atoms with Crippen LogP contribution in [0.15, 0.2) is 35.3 Å². The Kier molecular flexibility index (Phi) is 5.93. The molecule has 0 heterocycles. The summed E-state index contributed by atoms with van der Waals surface area (Å²) < 4.78 is 5.31. The minimum absolute atomic E-state index is 0.359. The molecule has 0 aliphatic heterocycles. The van der Waals surface area contributed by atoms with Crippen LogP contribution in [0.25, 0.3) is 0 Å². The van der Waals surface area contributed by atoms with E-state index in [1.165, 1.54) is 6.08 Å². The van der Waals surface area contributed by atoms with Gasteiger partial charge in [0.25, 0.3) is 0 Å². The molecule has 2 rings (SSSR count). The molecule has 0 amide bonds. The summed E-state index contributed by atoms with van der Waals surface area (Å²) in [5, 5.41) is 23.6. The van der Waals surface area contributed by atoms with Crippen molar-refractivity contribution in [1.82, 2.24) is 5.43 Å². The molecule has 5 N–H and O–H groups in total. The number of benzene rings is 1. The SMILES string of the molecule is COc1ccc(C#CC2(O)CCCC2)cc1N/C(=C/C=N)NN=N. The van der Waals surface area contributed by atoms with Crippen LogP contribution in [0.4, 0.5) is 5.69 Å². The van der Waals surface area contributed by atoms with Gasteiger partial charge in [0.15, 0.2) is 0 Å². The van der Waals surface area contributed by atoms with E-state index in [1.807, 2.05) is 6.07 Å². The maximum atomic E-state index is 10.3. The summed E-state index contributed by atoms with van der Waals surface area (Å²) in [7, 11) is 1.55. The summed E-state index contributed by atoms with van der Waals surface area (Å²) in [4.78, 5) is 0. The number of hydrogen-bond donors (Lipinski definition) is 5. The number of nitrogens with zero attached hydrogens (tertiary/aromatic N) is 1. The molecule has 1 aliphatic carbocycles. The molecule has 0 unspecified atom stereocenters. The van der Waals surface area contributed by atoms with Gasteiger partial charge in [0, 0.05) is 11.8 Å². The largest absolute Gasteiger partial charge is 0.495 e. The molecule has 1 aliphatic rings. The normalized spacial score (nSPS) is 15.8. The molecule has 0 bridgehead atoms. The zero-order chi connectivity index (χ0) is 17.4. The van der Waals surface area contributed by atoms with Gasteiger partial charge in [0.05, 0.1) is 12.8 Å². The lowest BCUT2D eigenvalue weighted by atomic mass is 10.0. The van der Waals surface area contributed by atoms with Gasteiger partial charge >= 0.3 is 0 Å². The second-order valence-corrected chi connectivity index (χ2v) is 5.50. The summed E-state index contributed by atoms with van der Waals surface area (Å²) in [6, 6.07) is 5.37. The molecule has 0 atom stereocenters. The number of hydrogen-bond acceptors (Lipinski definition) is 6. The highest BCUT2D eigenvalue weighted by atomic mass is 16.5. The first kappa shape index (κ1) is 17.5. The second-order valence-electron chi connectivity index (χ2n) is 5.50. The van der Waals surface area contributed by atoms with Crippen LogP contribution in [-0.2, 0) is 0 Å². The van der Waals surface area contributed by atoms with Gasteiger partial charge in [-0.3, -0.25) is 0 Å². The monoisotopic (exact) mass is 327 g/mol. The van der Waals surface area contributed by atoms with Gasteiger partial charge in [-0.15, -0.1) is 0 Å². The summed E-state index contributed by atoms with van der Waals surface area (Å²) in [5.74, 6) is 6.92. The summed E-state index contributed by atoms with van der Waals surface area (Å²) in [5.41, 5.74) is 9.79. The molecule has 126 valence electrons. The number of anilines is 1. The minimum atomic E-state index is -0.885. The molecule has 1 saturated carbocycles. The van der Waals surface area contributed by atoms with Crippen LogP contribution in [0.2, 0.25) is 0 Å². The molecule has 1 aromatic carbocycles. The van der Waals surface area contributed by atoms with Crippen LogP contribution in [-0.4, -0.2) is 24.0 Å². The molecule has 0 saturated heterocycles. The molecule has 0 radical (unpaired) electrons. The predicted molar refractivity (Wildman–Crippen MR) is 92.1 cm³/mol. The lowest BCUT2D eigenvalue weighted by molar-refractivity contribution is 0.110. The Hall–Kier alpha value is -2.85. The van der Waals surface area contributed by atoms with Crippen molar-refractivity contribution in [3.63, 3.8) is 0 Å². The fraction of sp³-hybridized carbons (Fsp3) is 0.353. The number of rotatable bonds is 6. The molecular formula is C17H21N5O2. The Morgan fingerprint density at radius 2 is 2.17 bits per heavy atom. The molecule has 7 nitrogen and oxygen atoms in total. The van der Waals surface area contributed by atoms with Crippen molar-refractivity contribution in [2.75, 3.05) is 12.4 Å². The van der Waals surface area contributed by atoms with Gasteiger partial charge < -0.3 is 20.6 Å². The first-order valence-electron chi connectivity index (χ1n) is 7.64. The van der Waals surface area contributed by atoms with Crippen LogP contribution < -0.4 is 15.5 Å². The van der Waals surface area contributed by atoms with Gasteiger partial charge in [-0.2, -0.15) is 5.53 Å². The Balaban J connectivity index is 2.27. The van der Waals surface area contributed by atoms with E-state index in [9.17, 15) is 5.11 Å². The summed E-state index contributed by atoms with van der Waals surface area (Å²) in [6.07, 6.45) is 5.93. The Morgan fingerprint density at radius 1 is 1.42 bits per heavy atom. The molecule has 7 heteroatoms. The van der Waals surface area contributed by atoms with Gasteiger partial charge in [-0.05, 0) is 50.0 Å². The van der Waals surface area contributed by atoms with Crippen LogP contribution in [0.1, 0.15) is 31.2 Å². The lowest BCUT2D eigenvalue weighted by Gasteiger charge is -2.14. The van der Waals surface area contributed by atoms with Gasteiger partial charge in [0.2, 0.25) is 0 Å². The molecule has 1 aromatic rings. The van der Waals surface area contributed by atoms with E-state index in [0.29, 0.717) is 30.1 Å². The van der Waals surface area contributed by atoms with Crippen molar-refractivity contribution >= 4 is 11.9 Å². The van der Waals surface area contributed by atoms with Crippen molar-refractivity contribution in [3.8, 4) is 17.6 Å². The van der Waals surface area contributed by atoms with Gasteiger partial charge in [-0.25, -0.2) is 5.43 Å². The molecule has 0 aromatic heterocycles. The van der Waals surface area contributed by atoms with E-state index in [0.717, 1.165) is 24.6 Å². The van der Waals surface area contributed by atoms with Crippen LogP contribution in [0.5, 0.6) is 5.75 Å². The average Bonchev–Trinajstić information content (AvgIpc) is 3.01. The smallest absolute Gasteiger partial charge is 0.142 e. The van der Waals surface area contributed by atoms with E-state index in [2.05, 4.69) is 27.8 Å². The fourth-order valence-electron chi connectivity index (χ4n) is 2.55. The maximum Gasteiger partial charge on any atom is 0.142 e. The quantitative estimate of drug-likeness (QED) is 0.239. The molecule has 24 heavy (non-hydrogen) atoms. The van der Waals surface area contributed by atoms with E-state index in [1.54, 1.807) is 19.2 Å². The second kappa shape index (κ2) is 8.13. The number of nitrogens with one attached hydrogen (secondary N) is 4. The van der Waals surface area contributed by atoms with Crippen molar-refractivity contribution in [2.45, 2.75) is 31.3 Å². The first-order valence-corrected chi connectivity index (χ1v) is 7.64. The van der Waals surface area contributed by atoms with E-state index >= 15 is 0 Å². The van der Waals surface area contributed by atoms with Crippen molar-refractivity contribution < 1.29 is 9.84 Å². The highest BCUT2D eigenvalue weighted by molar-refractivity contribution is 5.71. The molecular weight excluding hydrogens is 306 g/mol. The third-order valence-corrected chi connectivity index (χ3v) is 3.77. The van der Waals surface area contributed by atoms with Crippen molar-refractivity contribution in [1.29, 1.82) is 10.9 Å². The Labute approximate surface area is 141 Å². The predicted octanol–water partition coefficient (Wildman–Crippen LogP) is 2.79. The zero-order valence-electron chi connectivity index (χ0n) is 13.5. The number of aliphatic hydroxyl groups is 1. The summed E-state index contributed by atoms with van der Waals surface area (Å²) in [6.45, 7) is 0. The van der Waals surface area contributed by atoms with Crippen LogP contribution >= 0.6 is 0 Å². The highest BCUT2D eigenvalue weighted by Gasteiger charge is 2.28. The Morgan fingerprint density at radius 3 is 2.79 bits per heavy atom. The fourth-order valence-corrected chi connectivity index (χ4v) is 2.55. The molecule has 0 spiro atoms. The highest BCUT2D eigenvalue weighted by Crippen LogP contribution is 2.29. The number of allylic oxidation sites excluding steroid dienone is 1. The summed E-state index contributed by atoms with van der Waals surface area (Å²) >= 11 is 0. The lowest BCUT2D eigenvalue weighted by Crippen LogP contribution is -2.20. The van der Waals surface area contributed by atoms with E-state index in [4.69, 9.17) is 15.7 Å². The van der Waals surface area contributed by atoms with Crippen LogP contribution in [0.3, 0.4) is 0 Å². The van der Waals surface area contributed by atoms with Crippen LogP contribution in [0, 0.1) is 22.8 Å². The first-order chi connectivity index (χ1) is 11.6. The number of methoxy groups -OCH3 is 1. The third-order valence-electron chi connectivity index (χ3n) is 3.77. The van der Waals surface area contributed by atoms with Crippen molar-refractivity contribution in [3.05, 3.63) is 35.7 Å². The average molecular weight is 327 g/mol. The maximum absolute atomic E-state index is 10.3. The van der Waals surface area contributed by atoms with E-state index in [-0.39, 0.29) is 0 Å². The minimum Gasteiger partial charge on any atom is -0.495 e. The van der Waals surface area contributed by atoms with Gasteiger partial charge in [-0.1, -0.05) is 17.1 Å². The van der Waals surface area contributed by atoms with Gasteiger partial charge in [0.1, 0.15) is 17.2 Å². The third kappa shape index (κ3) is 4.57. The molecule has 1 fully saturated rings. The standard InChI is InChI=1S/C17H21N5O2/c1-24-15-5-4-13(6-10-17(23)8-2-3-9-17)12-14(15)20-16(7-11-18)21-22-19/h4-5,7,11-12,18,20,23H,2-3,8-9H2,1H3,(H2,19,21)/b16-7-,18-11?. The number of ether oxygens (including phenoxy) is 1. The topological polar surface area (TPSA) is 114 Å². The van der Waals surface area contributed by atoms with E-state index < -0.39 is 5.60 Å².